The molecule has 0 fully saturated rings. The largest absolute Gasteiger partial charge is 0.384 e. The highest BCUT2D eigenvalue weighted by Crippen LogP contribution is 2.16. The van der Waals surface area contributed by atoms with E-state index in [0.29, 0.717) is 0 Å². The van der Waals surface area contributed by atoms with Gasteiger partial charge in [0.25, 0.3) is 0 Å². The summed E-state index contributed by atoms with van der Waals surface area (Å²) >= 11 is 1.74. The van der Waals surface area contributed by atoms with Gasteiger partial charge in [0.2, 0.25) is 0 Å². The van der Waals surface area contributed by atoms with Gasteiger partial charge in [-0.15, -0.1) is 11.8 Å². The summed E-state index contributed by atoms with van der Waals surface area (Å²) in [5.41, 5.74) is 8.15. The van der Waals surface area contributed by atoms with Gasteiger partial charge in [0.15, 0.2) is 0 Å². The molecule has 0 amide bonds. The van der Waals surface area contributed by atoms with E-state index in [2.05, 4.69) is 35.6 Å². The number of benzene rings is 1. The molecule has 1 heterocycles. The maximum absolute atomic E-state index is 5.90. The SMILES string of the molecule is CSc1ccc(Cn2ncc(C)c2N)cc1. The molecule has 1 aromatic heterocycles. The summed E-state index contributed by atoms with van der Waals surface area (Å²) in [5, 5.41) is 4.24. The van der Waals surface area contributed by atoms with Crippen molar-refractivity contribution >= 4 is 17.6 Å². The standard InChI is InChI=1S/C12H15N3S/c1-9-7-14-15(12(9)13)8-10-3-5-11(16-2)6-4-10/h3-7H,8,13H2,1-2H3. The smallest absolute Gasteiger partial charge is 0.124 e. The molecule has 0 saturated heterocycles. The Hall–Kier alpha value is -1.42. The van der Waals surface area contributed by atoms with Crippen LogP contribution in [0.25, 0.3) is 0 Å². The zero-order valence-electron chi connectivity index (χ0n) is 9.47. The summed E-state index contributed by atoms with van der Waals surface area (Å²) in [4.78, 5) is 1.27. The molecule has 1 aromatic carbocycles. The first-order chi connectivity index (χ1) is 7.70. The van der Waals surface area contributed by atoms with Gasteiger partial charge >= 0.3 is 0 Å². The molecular weight excluding hydrogens is 218 g/mol. The third-order valence-corrected chi connectivity index (χ3v) is 3.31. The van der Waals surface area contributed by atoms with Crippen molar-refractivity contribution in [2.24, 2.45) is 0 Å². The normalized spacial score (nSPS) is 10.6. The number of thioether (sulfide) groups is 1. The second-order valence-corrected chi connectivity index (χ2v) is 4.60. The number of nitrogens with zero attached hydrogens (tertiary/aromatic N) is 2. The van der Waals surface area contributed by atoms with Gasteiger partial charge in [0.05, 0.1) is 12.7 Å². The maximum Gasteiger partial charge on any atom is 0.124 e. The molecule has 2 N–H and O–H groups in total. The van der Waals surface area contributed by atoms with Crippen LogP contribution in [0, 0.1) is 6.92 Å². The summed E-state index contributed by atoms with van der Waals surface area (Å²) in [6.07, 6.45) is 3.87. The topological polar surface area (TPSA) is 43.8 Å². The molecule has 0 atom stereocenters. The fourth-order valence-electron chi connectivity index (χ4n) is 1.52. The van der Waals surface area contributed by atoms with Gasteiger partial charge in [0, 0.05) is 10.5 Å². The van der Waals surface area contributed by atoms with Crippen molar-refractivity contribution in [1.82, 2.24) is 9.78 Å². The van der Waals surface area contributed by atoms with Crippen LogP contribution in [0.15, 0.2) is 35.4 Å². The third kappa shape index (κ3) is 2.22. The van der Waals surface area contributed by atoms with Crippen LogP contribution >= 0.6 is 11.8 Å². The predicted molar refractivity (Wildman–Crippen MR) is 68.7 cm³/mol. The Bertz CT molecular complexity index is 474. The summed E-state index contributed by atoms with van der Waals surface area (Å²) < 4.78 is 1.82. The minimum atomic E-state index is 0.730. The minimum absolute atomic E-state index is 0.730. The number of aryl methyl sites for hydroxylation is 1. The molecule has 2 rings (SSSR count). The Balaban J connectivity index is 2.17. The zero-order valence-corrected chi connectivity index (χ0v) is 10.3. The van der Waals surface area contributed by atoms with E-state index in [0.717, 1.165) is 17.9 Å². The van der Waals surface area contributed by atoms with Crippen molar-refractivity contribution in [3.63, 3.8) is 0 Å². The second-order valence-electron chi connectivity index (χ2n) is 3.72. The van der Waals surface area contributed by atoms with Gasteiger partial charge in [-0.3, -0.25) is 0 Å². The van der Waals surface area contributed by atoms with Gasteiger partial charge in [-0.2, -0.15) is 5.10 Å². The zero-order chi connectivity index (χ0) is 11.5. The summed E-state index contributed by atoms with van der Waals surface area (Å²) in [5.74, 6) is 0.744. The highest BCUT2D eigenvalue weighted by Gasteiger charge is 2.03. The first-order valence-electron chi connectivity index (χ1n) is 5.11. The van der Waals surface area contributed by atoms with E-state index in [-0.39, 0.29) is 0 Å². The lowest BCUT2D eigenvalue weighted by atomic mass is 10.2. The van der Waals surface area contributed by atoms with Crippen molar-refractivity contribution in [2.45, 2.75) is 18.4 Å². The fraction of sp³-hybridized carbons (Fsp3) is 0.250. The maximum atomic E-state index is 5.90. The number of anilines is 1. The number of hydrogen-bond donors (Lipinski definition) is 1. The van der Waals surface area contributed by atoms with Crippen LogP contribution in [0.4, 0.5) is 5.82 Å². The van der Waals surface area contributed by atoms with E-state index in [1.54, 1.807) is 18.0 Å². The number of nitrogens with two attached hydrogens (primary N) is 1. The molecule has 2 aromatic rings. The second kappa shape index (κ2) is 4.61. The molecule has 0 unspecified atom stereocenters. The number of rotatable bonds is 3. The Morgan fingerprint density at radius 1 is 1.31 bits per heavy atom. The number of aromatic nitrogens is 2. The quantitative estimate of drug-likeness (QED) is 0.829. The number of hydrogen-bond acceptors (Lipinski definition) is 3. The lowest BCUT2D eigenvalue weighted by molar-refractivity contribution is 0.696. The van der Waals surface area contributed by atoms with Crippen LogP contribution in [0.1, 0.15) is 11.1 Å². The molecule has 0 aliphatic rings. The van der Waals surface area contributed by atoms with Gasteiger partial charge in [-0.25, -0.2) is 4.68 Å². The Morgan fingerprint density at radius 3 is 2.50 bits per heavy atom. The molecule has 4 heteroatoms. The highest BCUT2D eigenvalue weighted by atomic mass is 32.2. The molecule has 3 nitrogen and oxygen atoms in total. The van der Waals surface area contributed by atoms with Crippen LogP contribution in [-0.2, 0) is 6.54 Å². The van der Waals surface area contributed by atoms with Crippen LogP contribution in [0.5, 0.6) is 0 Å². The van der Waals surface area contributed by atoms with Crippen molar-refractivity contribution in [1.29, 1.82) is 0 Å². The molecule has 0 aliphatic carbocycles. The first kappa shape index (κ1) is 11.1. The monoisotopic (exact) mass is 233 g/mol. The van der Waals surface area contributed by atoms with E-state index in [1.165, 1.54) is 10.5 Å². The predicted octanol–water partition coefficient (Wildman–Crippen LogP) is 2.54. The summed E-state index contributed by atoms with van der Waals surface area (Å²) in [6, 6.07) is 8.46. The lowest BCUT2D eigenvalue weighted by Gasteiger charge is -2.05. The van der Waals surface area contributed by atoms with Crippen LogP contribution in [0.2, 0.25) is 0 Å². The number of nitrogen functional groups attached to an aromatic ring is 1. The lowest BCUT2D eigenvalue weighted by Crippen LogP contribution is -2.06. The van der Waals surface area contributed by atoms with Gasteiger partial charge in [0.1, 0.15) is 5.82 Å². The van der Waals surface area contributed by atoms with E-state index < -0.39 is 0 Å². The molecule has 0 bridgehead atoms. The highest BCUT2D eigenvalue weighted by molar-refractivity contribution is 7.98. The van der Waals surface area contributed by atoms with Crippen LogP contribution < -0.4 is 5.73 Å². The summed E-state index contributed by atoms with van der Waals surface area (Å²) in [6.45, 7) is 2.70. The molecule has 0 aliphatic heterocycles. The molecular formula is C12H15N3S. The van der Waals surface area contributed by atoms with E-state index >= 15 is 0 Å². The molecule has 16 heavy (non-hydrogen) atoms. The molecule has 0 radical (unpaired) electrons. The van der Waals surface area contributed by atoms with E-state index in [1.807, 2.05) is 11.6 Å². The van der Waals surface area contributed by atoms with Crippen LogP contribution in [-0.4, -0.2) is 16.0 Å². The Morgan fingerprint density at radius 2 is 2.00 bits per heavy atom. The third-order valence-electron chi connectivity index (χ3n) is 2.56. The van der Waals surface area contributed by atoms with Gasteiger partial charge in [-0.05, 0) is 30.9 Å². The Labute approximate surface area is 99.7 Å². The van der Waals surface area contributed by atoms with Crippen molar-refractivity contribution in [2.75, 3.05) is 12.0 Å². The minimum Gasteiger partial charge on any atom is -0.384 e. The van der Waals surface area contributed by atoms with Crippen LogP contribution in [0.3, 0.4) is 0 Å². The average Bonchev–Trinajstić information content (AvgIpc) is 2.62. The fourth-order valence-corrected chi connectivity index (χ4v) is 1.93. The molecule has 84 valence electrons. The van der Waals surface area contributed by atoms with Crippen molar-refractivity contribution < 1.29 is 0 Å². The van der Waals surface area contributed by atoms with E-state index in [4.69, 9.17) is 5.73 Å². The van der Waals surface area contributed by atoms with E-state index in [9.17, 15) is 0 Å². The average molecular weight is 233 g/mol. The van der Waals surface area contributed by atoms with Crippen molar-refractivity contribution in [3.05, 3.63) is 41.6 Å². The molecule has 0 spiro atoms. The Kier molecular flexibility index (Phi) is 3.19. The van der Waals surface area contributed by atoms with Crippen molar-refractivity contribution in [3.8, 4) is 0 Å². The summed E-state index contributed by atoms with van der Waals surface area (Å²) in [7, 11) is 0. The molecule has 0 saturated carbocycles. The van der Waals surface area contributed by atoms with Gasteiger partial charge in [-0.1, -0.05) is 12.1 Å². The first-order valence-corrected chi connectivity index (χ1v) is 6.34. The van der Waals surface area contributed by atoms with Gasteiger partial charge < -0.3 is 5.73 Å².